The molecule has 0 radical (unpaired) electrons. The molecule has 0 aromatic heterocycles. The summed E-state index contributed by atoms with van der Waals surface area (Å²) in [5.74, 6) is 0. The second kappa shape index (κ2) is 7.28. The van der Waals surface area contributed by atoms with E-state index in [1.54, 1.807) is 0 Å². The van der Waals surface area contributed by atoms with E-state index >= 15 is 0 Å². The summed E-state index contributed by atoms with van der Waals surface area (Å²) in [6.07, 6.45) is 0. The summed E-state index contributed by atoms with van der Waals surface area (Å²) in [5, 5.41) is 3.44. The van der Waals surface area contributed by atoms with Crippen LogP contribution in [-0.2, 0) is 13.1 Å². The summed E-state index contributed by atoms with van der Waals surface area (Å²) in [6.45, 7) is 8.33. The quantitative estimate of drug-likeness (QED) is 0.857. The lowest BCUT2D eigenvalue weighted by molar-refractivity contribution is 0.589. The second-order valence-electron chi connectivity index (χ2n) is 6.04. The van der Waals surface area contributed by atoms with E-state index in [-0.39, 0.29) is 0 Å². The van der Waals surface area contributed by atoms with E-state index in [1.807, 2.05) is 0 Å². The van der Waals surface area contributed by atoms with Gasteiger partial charge in [-0.1, -0.05) is 55.8 Å². The summed E-state index contributed by atoms with van der Waals surface area (Å²) < 4.78 is 0. The zero-order valence-electron chi connectivity index (χ0n) is 13.6. The fraction of sp³-hybridized carbons (Fsp3) is 0.368. The van der Waals surface area contributed by atoms with Crippen molar-refractivity contribution in [2.45, 2.75) is 39.9 Å². The van der Waals surface area contributed by atoms with Crippen LogP contribution in [0.4, 0.5) is 5.69 Å². The molecule has 2 rings (SSSR count). The highest BCUT2D eigenvalue weighted by Crippen LogP contribution is 2.17. The van der Waals surface area contributed by atoms with Crippen LogP contribution in [0.25, 0.3) is 0 Å². The number of hydrogen-bond acceptors (Lipinski definition) is 2. The van der Waals surface area contributed by atoms with Crippen molar-refractivity contribution in [1.82, 2.24) is 5.32 Å². The maximum Gasteiger partial charge on any atom is 0.0426 e. The van der Waals surface area contributed by atoms with Gasteiger partial charge in [0.2, 0.25) is 0 Å². The smallest absolute Gasteiger partial charge is 0.0426 e. The number of aryl methyl sites for hydroxylation is 1. The van der Waals surface area contributed by atoms with Crippen LogP contribution in [-0.4, -0.2) is 13.1 Å². The lowest BCUT2D eigenvalue weighted by Gasteiger charge is -2.20. The van der Waals surface area contributed by atoms with E-state index in [0.717, 1.165) is 13.1 Å². The zero-order valence-corrected chi connectivity index (χ0v) is 13.6. The van der Waals surface area contributed by atoms with Crippen LogP contribution >= 0.6 is 0 Å². The molecule has 0 spiro atoms. The third-order valence-electron chi connectivity index (χ3n) is 3.63. The van der Waals surface area contributed by atoms with Crippen molar-refractivity contribution in [3.8, 4) is 0 Å². The first-order chi connectivity index (χ1) is 10.0. The van der Waals surface area contributed by atoms with E-state index in [4.69, 9.17) is 0 Å². The topological polar surface area (TPSA) is 15.3 Å². The van der Waals surface area contributed by atoms with Crippen LogP contribution in [0.1, 0.15) is 30.5 Å². The van der Waals surface area contributed by atoms with E-state index in [2.05, 4.69) is 86.6 Å². The summed E-state index contributed by atoms with van der Waals surface area (Å²) in [6, 6.07) is 18.1. The Morgan fingerprint density at radius 2 is 1.48 bits per heavy atom. The summed E-state index contributed by atoms with van der Waals surface area (Å²) in [5.41, 5.74) is 5.23. The predicted octanol–water partition coefficient (Wildman–Crippen LogP) is 4.13. The number of nitrogens with one attached hydrogen (secondary N) is 1. The Kier molecular flexibility index (Phi) is 5.40. The largest absolute Gasteiger partial charge is 0.370 e. The van der Waals surface area contributed by atoms with Gasteiger partial charge in [-0.05, 0) is 30.2 Å². The Morgan fingerprint density at radius 1 is 0.905 bits per heavy atom. The molecule has 0 unspecified atom stereocenters. The third-order valence-corrected chi connectivity index (χ3v) is 3.63. The molecule has 0 saturated heterocycles. The minimum absolute atomic E-state index is 0.522. The first-order valence-corrected chi connectivity index (χ1v) is 7.63. The lowest BCUT2D eigenvalue weighted by atomic mass is 10.1. The lowest BCUT2D eigenvalue weighted by Crippen LogP contribution is -2.22. The summed E-state index contributed by atoms with van der Waals surface area (Å²) >= 11 is 0. The number of anilines is 1. The Morgan fingerprint density at radius 3 is 2.05 bits per heavy atom. The maximum atomic E-state index is 3.44. The molecule has 21 heavy (non-hydrogen) atoms. The molecule has 2 heteroatoms. The van der Waals surface area contributed by atoms with Crippen molar-refractivity contribution < 1.29 is 0 Å². The molecular weight excluding hydrogens is 256 g/mol. The molecule has 0 aliphatic carbocycles. The minimum atomic E-state index is 0.522. The van der Waals surface area contributed by atoms with E-state index in [9.17, 15) is 0 Å². The van der Waals surface area contributed by atoms with E-state index in [1.165, 1.54) is 22.4 Å². The predicted molar refractivity (Wildman–Crippen MR) is 91.7 cm³/mol. The zero-order chi connectivity index (χ0) is 15.2. The highest BCUT2D eigenvalue weighted by molar-refractivity contribution is 5.47. The second-order valence-corrected chi connectivity index (χ2v) is 6.04. The Balaban J connectivity index is 1.96. The first kappa shape index (κ1) is 15.6. The fourth-order valence-electron chi connectivity index (χ4n) is 2.25. The molecule has 1 N–H and O–H groups in total. The molecule has 0 heterocycles. The average Bonchev–Trinajstić information content (AvgIpc) is 2.48. The summed E-state index contributed by atoms with van der Waals surface area (Å²) in [7, 11) is 2.14. The van der Waals surface area contributed by atoms with Gasteiger partial charge in [0.15, 0.2) is 0 Å². The molecule has 2 nitrogen and oxygen atoms in total. The van der Waals surface area contributed by atoms with Gasteiger partial charge in [-0.3, -0.25) is 0 Å². The molecule has 0 aliphatic rings. The number of hydrogen-bond donors (Lipinski definition) is 1. The molecule has 2 aromatic rings. The summed E-state index contributed by atoms with van der Waals surface area (Å²) in [4.78, 5) is 2.28. The van der Waals surface area contributed by atoms with Crippen LogP contribution in [0.15, 0.2) is 48.5 Å². The Bertz CT molecular complexity index is 541. The normalized spacial score (nSPS) is 10.9. The van der Waals surface area contributed by atoms with Crippen molar-refractivity contribution in [3.63, 3.8) is 0 Å². The van der Waals surface area contributed by atoms with Gasteiger partial charge in [0.1, 0.15) is 0 Å². The first-order valence-electron chi connectivity index (χ1n) is 7.63. The third kappa shape index (κ3) is 4.91. The molecule has 112 valence electrons. The van der Waals surface area contributed by atoms with Gasteiger partial charge < -0.3 is 10.2 Å². The number of rotatable bonds is 6. The van der Waals surface area contributed by atoms with Crippen molar-refractivity contribution >= 4 is 5.69 Å². The maximum absolute atomic E-state index is 3.44. The highest BCUT2D eigenvalue weighted by atomic mass is 15.1. The molecule has 2 aromatic carbocycles. The van der Waals surface area contributed by atoms with Gasteiger partial charge >= 0.3 is 0 Å². The molecule has 0 saturated carbocycles. The molecule has 0 aliphatic heterocycles. The monoisotopic (exact) mass is 282 g/mol. The van der Waals surface area contributed by atoms with Gasteiger partial charge in [0, 0.05) is 31.9 Å². The van der Waals surface area contributed by atoms with Gasteiger partial charge in [-0.15, -0.1) is 0 Å². The average molecular weight is 282 g/mol. The van der Waals surface area contributed by atoms with E-state index < -0.39 is 0 Å². The minimum Gasteiger partial charge on any atom is -0.370 e. The molecule has 0 fully saturated rings. The van der Waals surface area contributed by atoms with Crippen LogP contribution in [0.5, 0.6) is 0 Å². The van der Waals surface area contributed by atoms with Gasteiger partial charge in [0.05, 0.1) is 0 Å². The van der Waals surface area contributed by atoms with Crippen molar-refractivity contribution in [2.75, 3.05) is 11.9 Å². The molecule has 0 atom stereocenters. The fourth-order valence-corrected chi connectivity index (χ4v) is 2.25. The molecular formula is C19H26N2. The van der Waals surface area contributed by atoms with Crippen molar-refractivity contribution in [3.05, 3.63) is 65.2 Å². The van der Waals surface area contributed by atoms with Crippen molar-refractivity contribution in [1.29, 1.82) is 0 Å². The molecule has 0 bridgehead atoms. The Hall–Kier alpha value is -1.80. The van der Waals surface area contributed by atoms with Crippen LogP contribution in [0, 0.1) is 6.92 Å². The van der Waals surface area contributed by atoms with Crippen LogP contribution in [0.2, 0.25) is 0 Å². The van der Waals surface area contributed by atoms with E-state index in [0.29, 0.717) is 6.04 Å². The van der Waals surface area contributed by atoms with Crippen molar-refractivity contribution in [2.24, 2.45) is 0 Å². The van der Waals surface area contributed by atoms with Gasteiger partial charge in [0.25, 0.3) is 0 Å². The van der Waals surface area contributed by atoms with Crippen LogP contribution < -0.4 is 10.2 Å². The standard InChI is InChI=1S/C19H26N2/c1-15(2)20-13-17-9-11-19(12-10-17)21(4)14-18-7-5-16(3)6-8-18/h5-12,15,20H,13-14H2,1-4H3. The SMILES string of the molecule is Cc1ccc(CN(C)c2ccc(CNC(C)C)cc2)cc1. The van der Waals surface area contributed by atoms with Gasteiger partial charge in [-0.2, -0.15) is 0 Å². The highest BCUT2D eigenvalue weighted by Gasteiger charge is 2.03. The number of benzene rings is 2. The van der Waals surface area contributed by atoms with Crippen LogP contribution in [0.3, 0.4) is 0 Å². The number of nitrogens with zero attached hydrogens (tertiary/aromatic N) is 1. The Labute approximate surface area is 128 Å². The van der Waals surface area contributed by atoms with Gasteiger partial charge in [-0.25, -0.2) is 0 Å². The molecule has 0 amide bonds.